The zero-order chi connectivity index (χ0) is 21.3. The van der Waals surface area contributed by atoms with Crippen LogP contribution in [0.1, 0.15) is 39.1 Å². The van der Waals surface area contributed by atoms with E-state index in [0.29, 0.717) is 27.6 Å². The summed E-state index contributed by atoms with van der Waals surface area (Å²) in [5, 5.41) is 32.5. The van der Waals surface area contributed by atoms with Crippen LogP contribution in [0, 0.1) is 11.3 Å². The van der Waals surface area contributed by atoms with Crippen molar-refractivity contribution >= 4 is 28.3 Å². The lowest BCUT2D eigenvalue weighted by molar-refractivity contribution is 0.0800. The topological polar surface area (TPSA) is 81.3 Å². The lowest BCUT2D eigenvalue weighted by Gasteiger charge is -2.32. The fraction of sp³-hybridized carbons (Fsp3) is 0.0769. The predicted molar refractivity (Wildman–Crippen MR) is 118 cm³/mol. The Hall–Kier alpha value is -3.59. The number of hydrogen-bond acceptors (Lipinski definition) is 5. The molecule has 31 heavy (non-hydrogen) atoms. The standard InChI is InChI=1S/C26H15NO3S/c27-12-14-11-18-16-3-1-2-4-19(16)31-20-10-9-17-24(23(18)20)21(14)26(30)22(25(17)29)13-5-7-15(28)8-6-13/h1-11,22,25,28-29H/t22?,25-/m0/s1. The van der Waals surface area contributed by atoms with Gasteiger partial charge in [0.25, 0.3) is 0 Å². The maximum absolute atomic E-state index is 13.7. The van der Waals surface area contributed by atoms with Gasteiger partial charge < -0.3 is 10.2 Å². The number of nitriles is 1. The summed E-state index contributed by atoms with van der Waals surface area (Å²) in [6.07, 6.45) is -1.04. The van der Waals surface area contributed by atoms with Crippen LogP contribution in [-0.4, -0.2) is 16.0 Å². The molecule has 5 heteroatoms. The van der Waals surface area contributed by atoms with Crippen LogP contribution in [0.3, 0.4) is 0 Å². The van der Waals surface area contributed by atoms with E-state index in [0.717, 1.165) is 26.3 Å². The number of nitrogens with zero attached hydrogens (tertiary/aromatic N) is 1. The number of carbonyl (C=O) groups is 1. The van der Waals surface area contributed by atoms with E-state index in [4.69, 9.17) is 0 Å². The summed E-state index contributed by atoms with van der Waals surface area (Å²) in [7, 11) is 0. The van der Waals surface area contributed by atoms with Crippen molar-refractivity contribution in [1.82, 2.24) is 0 Å². The van der Waals surface area contributed by atoms with Gasteiger partial charge in [0.15, 0.2) is 5.78 Å². The maximum Gasteiger partial charge on any atom is 0.175 e. The lowest BCUT2D eigenvalue weighted by atomic mass is 9.73. The summed E-state index contributed by atoms with van der Waals surface area (Å²) in [4.78, 5) is 15.8. The van der Waals surface area contributed by atoms with Crippen molar-refractivity contribution in [2.24, 2.45) is 0 Å². The normalized spacial score (nSPS) is 18.5. The van der Waals surface area contributed by atoms with E-state index in [1.165, 1.54) is 12.1 Å². The molecule has 4 aromatic carbocycles. The van der Waals surface area contributed by atoms with Crippen LogP contribution in [0.25, 0.3) is 21.9 Å². The molecule has 6 rings (SSSR count). The Labute approximate surface area is 182 Å². The Morgan fingerprint density at radius 1 is 0.903 bits per heavy atom. The number of hydrogen-bond donors (Lipinski definition) is 2. The summed E-state index contributed by atoms with van der Waals surface area (Å²) < 4.78 is 0. The second-order valence-electron chi connectivity index (χ2n) is 7.84. The SMILES string of the molecule is N#Cc1cc2c3c(ccc4c3c1C(=O)C(c1ccc(O)cc1)[C@H]4O)Sc1ccccc1-2. The van der Waals surface area contributed by atoms with Gasteiger partial charge in [-0.1, -0.05) is 48.2 Å². The van der Waals surface area contributed by atoms with Gasteiger partial charge in [-0.05, 0) is 52.6 Å². The van der Waals surface area contributed by atoms with Crippen LogP contribution >= 0.6 is 11.8 Å². The molecule has 0 bridgehead atoms. The Bertz CT molecular complexity index is 1470. The molecule has 0 amide bonds. The average Bonchev–Trinajstić information content (AvgIpc) is 2.79. The number of aliphatic hydroxyl groups excluding tert-OH is 1. The van der Waals surface area contributed by atoms with E-state index in [2.05, 4.69) is 12.1 Å². The second-order valence-corrected chi connectivity index (χ2v) is 8.92. The summed E-state index contributed by atoms with van der Waals surface area (Å²) in [6.45, 7) is 0. The van der Waals surface area contributed by atoms with Gasteiger partial charge in [0, 0.05) is 26.1 Å². The van der Waals surface area contributed by atoms with Gasteiger partial charge in [-0.2, -0.15) is 5.26 Å². The molecule has 0 aromatic heterocycles. The van der Waals surface area contributed by atoms with Crippen molar-refractivity contribution in [3.05, 3.63) is 89.0 Å². The first-order chi connectivity index (χ1) is 15.1. The molecular formula is C26H15NO3S. The summed E-state index contributed by atoms with van der Waals surface area (Å²) in [5.41, 5.74) is 3.92. The van der Waals surface area contributed by atoms with E-state index in [-0.39, 0.29) is 11.5 Å². The zero-order valence-electron chi connectivity index (χ0n) is 16.2. The molecule has 4 aromatic rings. The molecule has 1 unspecified atom stereocenters. The summed E-state index contributed by atoms with van der Waals surface area (Å²) >= 11 is 1.64. The van der Waals surface area contributed by atoms with Crippen LogP contribution in [0.4, 0.5) is 0 Å². The van der Waals surface area contributed by atoms with Crippen molar-refractivity contribution in [3.8, 4) is 22.9 Å². The second kappa shape index (κ2) is 6.45. The van der Waals surface area contributed by atoms with Gasteiger partial charge in [-0.25, -0.2) is 0 Å². The predicted octanol–water partition coefficient (Wildman–Crippen LogP) is 5.56. The fourth-order valence-corrected chi connectivity index (χ4v) is 5.96. The first-order valence-electron chi connectivity index (χ1n) is 9.90. The van der Waals surface area contributed by atoms with Crippen molar-refractivity contribution < 1.29 is 15.0 Å². The summed E-state index contributed by atoms with van der Waals surface area (Å²) in [6, 6.07) is 22.2. The number of benzene rings is 4. The Morgan fingerprint density at radius 3 is 2.45 bits per heavy atom. The van der Waals surface area contributed by atoms with Crippen LogP contribution in [-0.2, 0) is 0 Å². The highest BCUT2D eigenvalue weighted by Crippen LogP contribution is 2.53. The smallest absolute Gasteiger partial charge is 0.175 e. The molecule has 2 atom stereocenters. The van der Waals surface area contributed by atoms with E-state index in [9.17, 15) is 20.3 Å². The first-order valence-corrected chi connectivity index (χ1v) is 10.7. The fourth-order valence-electron chi connectivity index (χ4n) is 4.84. The van der Waals surface area contributed by atoms with Gasteiger partial charge >= 0.3 is 0 Å². The minimum atomic E-state index is -1.04. The molecule has 0 fully saturated rings. The number of phenolic OH excluding ortho intramolecular Hbond substituents is 1. The van der Waals surface area contributed by atoms with Crippen LogP contribution in [0.15, 0.2) is 76.5 Å². The molecule has 1 aliphatic heterocycles. The quantitative estimate of drug-likeness (QED) is 0.370. The number of Topliss-reactive ketones (excluding diaryl/α,β-unsaturated/α-hetero) is 1. The van der Waals surface area contributed by atoms with Crippen molar-refractivity contribution in [2.75, 3.05) is 0 Å². The van der Waals surface area contributed by atoms with E-state index >= 15 is 0 Å². The van der Waals surface area contributed by atoms with E-state index in [1.807, 2.05) is 36.4 Å². The molecular weight excluding hydrogens is 406 g/mol. The molecule has 0 saturated carbocycles. The van der Waals surface area contributed by atoms with Crippen LogP contribution < -0.4 is 0 Å². The van der Waals surface area contributed by atoms with Crippen molar-refractivity contribution in [1.29, 1.82) is 5.26 Å². The minimum Gasteiger partial charge on any atom is -0.508 e. The Balaban J connectivity index is 1.69. The molecule has 148 valence electrons. The Morgan fingerprint density at radius 2 is 1.68 bits per heavy atom. The number of aromatic hydroxyl groups is 1. The molecule has 1 aliphatic carbocycles. The Kier molecular flexibility index (Phi) is 3.79. The van der Waals surface area contributed by atoms with Gasteiger partial charge in [-0.3, -0.25) is 4.79 Å². The molecule has 1 heterocycles. The number of fused-ring (bicyclic) bond motifs is 2. The summed E-state index contributed by atoms with van der Waals surface area (Å²) in [5.74, 6) is -1.01. The maximum atomic E-state index is 13.7. The molecule has 0 saturated heterocycles. The highest BCUT2D eigenvalue weighted by Gasteiger charge is 2.40. The number of phenols is 1. The van der Waals surface area contributed by atoms with Crippen molar-refractivity contribution in [2.45, 2.75) is 21.8 Å². The molecule has 4 nitrogen and oxygen atoms in total. The number of rotatable bonds is 1. The number of ketones is 1. The average molecular weight is 421 g/mol. The van der Waals surface area contributed by atoms with Gasteiger partial charge in [-0.15, -0.1) is 0 Å². The highest BCUT2D eigenvalue weighted by molar-refractivity contribution is 7.99. The molecule has 0 radical (unpaired) electrons. The van der Waals surface area contributed by atoms with E-state index in [1.54, 1.807) is 23.9 Å². The van der Waals surface area contributed by atoms with E-state index < -0.39 is 12.0 Å². The lowest BCUT2D eigenvalue weighted by Crippen LogP contribution is -2.27. The minimum absolute atomic E-state index is 0.0915. The first kappa shape index (κ1) is 18.2. The van der Waals surface area contributed by atoms with Gasteiger partial charge in [0.05, 0.1) is 23.7 Å². The number of aliphatic hydroxyl groups is 1. The molecule has 2 N–H and O–H groups in total. The molecule has 0 spiro atoms. The third-order valence-electron chi connectivity index (χ3n) is 6.21. The van der Waals surface area contributed by atoms with Crippen LogP contribution in [0.2, 0.25) is 0 Å². The monoisotopic (exact) mass is 421 g/mol. The highest BCUT2D eigenvalue weighted by atomic mass is 32.2. The molecule has 2 aliphatic rings. The third kappa shape index (κ3) is 2.43. The third-order valence-corrected chi connectivity index (χ3v) is 7.35. The van der Waals surface area contributed by atoms with Gasteiger partial charge in [0.1, 0.15) is 5.75 Å². The van der Waals surface area contributed by atoms with Crippen LogP contribution in [0.5, 0.6) is 5.75 Å². The van der Waals surface area contributed by atoms with Crippen molar-refractivity contribution in [3.63, 3.8) is 0 Å². The number of carbonyl (C=O) groups excluding carboxylic acids is 1. The zero-order valence-corrected chi connectivity index (χ0v) is 17.0. The van der Waals surface area contributed by atoms with Gasteiger partial charge in [0.2, 0.25) is 0 Å². The largest absolute Gasteiger partial charge is 0.508 e.